The molecule has 0 bridgehead atoms. The molecule has 11 heteroatoms. The number of hydrogen-bond donors (Lipinski definition) is 1. The number of hydrogen-bond acceptors (Lipinski definition) is 4. The number of thiazole rings is 1. The summed E-state index contributed by atoms with van der Waals surface area (Å²) in [6.07, 6.45) is -7.99. The summed E-state index contributed by atoms with van der Waals surface area (Å²) >= 11 is 0.204. The molecule has 0 aliphatic rings. The predicted octanol–water partition coefficient (Wildman–Crippen LogP) is 5.50. The van der Waals surface area contributed by atoms with Gasteiger partial charge in [0.05, 0.1) is 11.3 Å². The normalized spacial score (nSPS) is 12.1. The summed E-state index contributed by atoms with van der Waals surface area (Å²) in [4.78, 5) is 18.7. The maximum Gasteiger partial charge on any atom is 0.427 e. The minimum absolute atomic E-state index is 0.0268. The quantitative estimate of drug-likeness (QED) is 0.573. The summed E-state index contributed by atoms with van der Waals surface area (Å²) in [5.41, 5.74) is -1.58. The zero-order valence-corrected chi connectivity index (χ0v) is 14.4. The highest BCUT2D eigenvalue weighted by atomic mass is 32.1. The van der Waals surface area contributed by atoms with Gasteiger partial charge in [0, 0.05) is 11.8 Å². The summed E-state index contributed by atoms with van der Waals surface area (Å²) in [5.74, 6) is -0.885. The van der Waals surface area contributed by atoms with Crippen molar-refractivity contribution in [3.63, 3.8) is 0 Å². The van der Waals surface area contributed by atoms with Gasteiger partial charge in [-0.15, -0.1) is 0 Å². The topological polar surface area (TPSA) is 54.9 Å². The third-order valence-corrected chi connectivity index (χ3v) is 4.50. The Labute approximate surface area is 157 Å². The van der Waals surface area contributed by atoms with Crippen LogP contribution in [0.3, 0.4) is 0 Å². The van der Waals surface area contributed by atoms with E-state index in [0.717, 1.165) is 12.1 Å². The summed E-state index contributed by atoms with van der Waals surface area (Å²) in [6.45, 7) is 0. The van der Waals surface area contributed by atoms with Gasteiger partial charge in [0.1, 0.15) is 10.6 Å². The van der Waals surface area contributed by atoms with Crippen LogP contribution in [0.5, 0.6) is 0 Å². The van der Waals surface area contributed by atoms with Crippen LogP contribution in [0.25, 0.3) is 11.4 Å². The Bertz CT molecular complexity index is 981. The number of benzene rings is 1. The van der Waals surface area contributed by atoms with E-state index in [1.54, 1.807) is 0 Å². The molecule has 0 atom stereocenters. The number of carbonyl (C=O) groups excluding carboxylic acids is 1. The van der Waals surface area contributed by atoms with Crippen LogP contribution in [0.15, 0.2) is 48.7 Å². The second-order valence-electron chi connectivity index (χ2n) is 5.44. The third kappa shape index (κ3) is 4.30. The van der Waals surface area contributed by atoms with E-state index in [2.05, 4.69) is 15.3 Å². The second-order valence-corrected chi connectivity index (χ2v) is 6.44. The van der Waals surface area contributed by atoms with E-state index in [9.17, 15) is 31.1 Å². The molecule has 1 aromatic carbocycles. The molecule has 4 nitrogen and oxygen atoms in total. The van der Waals surface area contributed by atoms with Gasteiger partial charge in [-0.05, 0) is 36.4 Å². The summed E-state index contributed by atoms with van der Waals surface area (Å²) in [6, 6.07) is 7.62. The van der Waals surface area contributed by atoms with Crippen molar-refractivity contribution < 1.29 is 31.1 Å². The van der Waals surface area contributed by atoms with Crippen molar-refractivity contribution in [3.05, 3.63) is 64.7 Å². The Morgan fingerprint density at radius 1 is 0.929 bits per heavy atom. The Morgan fingerprint density at radius 3 is 2.14 bits per heavy atom. The van der Waals surface area contributed by atoms with Gasteiger partial charge in [-0.2, -0.15) is 26.3 Å². The van der Waals surface area contributed by atoms with Crippen LogP contribution in [0.4, 0.5) is 31.5 Å². The maximum absolute atomic E-state index is 13.3. The van der Waals surface area contributed by atoms with E-state index in [0.29, 0.717) is 12.1 Å². The molecule has 0 fully saturated rings. The molecule has 1 N–H and O–H groups in total. The van der Waals surface area contributed by atoms with E-state index in [1.807, 2.05) is 0 Å². The van der Waals surface area contributed by atoms with E-state index in [4.69, 9.17) is 0 Å². The second kappa shape index (κ2) is 7.23. The van der Waals surface area contributed by atoms with Gasteiger partial charge in [0.25, 0.3) is 5.91 Å². The van der Waals surface area contributed by atoms with Crippen molar-refractivity contribution in [2.24, 2.45) is 0 Å². The monoisotopic (exact) mass is 417 g/mol. The van der Waals surface area contributed by atoms with Gasteiger partial charge >= 0.3 is 12.4 Å². The van der Waals surface area contributed by atoms with Crippen LogP contribution in [-0.2, 0) is 12.4 Å². The smallest absolute Gasteiger partial charge is 0.298 e. The largest absolute Gasteiger partial charge is 0.427 e. The average Bonchev–Trinajstić information content (AvgIpc) is 3.06. The van der Waals surface area contributed by atoms with E-state index in [1.165, 1.54) is 24.4 Å². The van der Waals surface area contributed by atoms with Gasteiger partial charge in [-0.1, -0.05) is 17.4 Å². The minimum Gasteiger partial charge on any atom is -0.298 e. The molecular weight excluding hydrogens is 408 g/mol. The first-order chi connectivity index (χ1) is 13.1. The molecule has 0 saturated heterocycles. The summed E-state index contributed by atoms with van der Waals surface area (Å²) in [7, 11) is 0. The molecule has 28 heavy (non-hydrogen) atoms. The number of nitrogens with one attached hydrogen (secondary N) is 1. The van der Waals surface area contributed by atoms with Gasteiger partial charge in [-0.25, -0.2) is 4.98 Å². The molecule has 0 saturated carbocycles. The molecular formula is C17H9F6N3OS. The highest BCUT2D eigenvalue weighted by Gasteiger charge is 2.38. The first-order valence-corrected chi connectivity index (χ1v) is 8.35. The number of aromatic nitrogens is 2. The number of anilines is 1. The Kier molecular flexibility index (Phi) is 5.11. The lowest BCUT2D eigenvalue weighted by atomic mass is 10.1. The summed E-state index contributed by atoms with van der Waals surface area (Å²) in [5, 5.41) is 1.83. The molecule has 146 valence electrons. The van der Waals surface area contributed by atoms with Gasteiger partial charge < -0.3 is 0 Å². The lowest BCUT2D eigenvalue weighted by Gasteiger charge is -2.07. The van der Waals surface area contributed by atoms with E-state index < -0.39 is 34.4 Å². The Balaban J connectivity index is 1.88. The van der Waals surface area contributed by atoms with Crippen molar-refractivity contribution in [2.45, 2.75) is 12.4 Å². The molecule has 0 unspecified atom stereocenters. The number of amides is 1. The lowest BCUT2D eigenvalue weighted by Crippen LogP contribution is -2.12. The highest BCUT2D eigenvalue weighted by Crippen LogP contribution is 2.42. The molecule has 3 rings (SSSR count). The predicted molar refractivity (Wildman–Crippen MR) is 89.7 cm³/mol. The first-order valence-electron chi connectivity index (χ1n) is 7.54. The van der Waals surface area contributed by atoms with Crippen LogP contribution >= 0.6 is 11.3 Å². The van der Waals surface area contributed by atoms with Crippen molar-refractivity contribution in [1.82, 2.24) is 9.97 Å². The lowest BCUT2D eigenvalue weighted by molar-refractivity contribution is -0.137. The van der Waals surface area contributed by atoms with Crippen molar-refractivity contribution in [3.8, 4) is 11.4 Å². The van der Waals surface area contributed by atoms with E-state index >= 15 is 0 Å². The molecule has 0 radical (unpaired) electrons. The Morgan fingerprint density at radius 2 is 1.61 bits per heavy atom. The standard InChI is InChI=1S/C17H9F6N3OS/c18-16(19,20)10-6-4-9(5-7-10)14(27)26-15-25-12(11-3-1-2-8-24-11)13(28-15)17(21,22)23/h1-8H,(H,25,26,27). The third-order valence-electron chi connectivity index (χ3n) is 3.49. The van der Waals surface area contributed by atoms with Gasteiger partial charge in [-0.3, -0.25) is 15.1 Å². The average molecular weight is 417 g/mol. The zero-order valence-electron chi connectivity index (χ0n) is 13.6. The fourth-order valence-corrected chi connectivity index (χ4v) is 3.06. The fraction of sp³-hybridized carbons (Fsp3) is 0.118. The van der Waals surface area contributed by atoms with Crippen molar-refractivity contribution in [2.75, 3.05) is 5.32 Å². The van der Waals surface area contributed by atoms with Crippen LogP contribution in [0, 0.1) is 0 Å². The Hall–Kier alpha value is -2.95. The van der Waals surface area contributed by atoms with Crippen molar-refractivity contribution in [1.29, 1.82) is 0 Å². The van der Waals surface area contributed by atoms with Crippen LogP contribution < -0.4 is 5.32 Å². The maximum atomic E-state index is 13.3. The number of rotatable bonds is 3. The van der Waals surface area contributed by atoms with Crippen LogP contribution in [-0.4, -0.2) is 15.9 Å². The first kappa shape index (κ1) is 19.8. The molecule has 0 spiro atoms. The molecule has 2 heterocycles. The molecule has 0 aliphatic carbocycles. The molecule has 2 aromatic heterocycles. The number of halogens is 6. The van der Waals surface area contributed by atoms with Crippen molar-refractivity contribution >= 4 is 22.4 Å². The molecule has 1 amide bonds. The number of carbonyl (C=O) groups is 1. The van der Waals surface area contributed by atoms with Gasteiger partial charge in [0.15, 0.2) is 5.13 Å². The zero-order chi connectivity index (χ0) is 20.5. The van der Waals surface area contributed by atoms with Crippen LogP contribution in [0.1, 0.15) is 20.8 Å². The SMILES string of the molecule is O=C(Nc1nc(-c2ccccn2)c(C(F)(F)F)s1)c1ccc(C(F)(F)F)cc1. The number of alkyl halides is 6. The number of nitrogens with zero attached hydrogens (tertiary/aromatic N) is 2. The summed E-state index contributed by atoms with van der Waals surface area (Å²) < 4.78 is 77.6. The van der Waals surface area contributed by atoms with Crippen LogP contribution in [0.2, 0.25) is 0 Å². The van der Waals surface area contributed by atoms with E-state index in [-0.39, 0.29) is 27.7 Å². The highest BCUT2D eigenvalue weighted by molar-refractivity contribution is 7.16. The number of pyridine rings is 1. The molecule has 0 aliphatic heterocycles. The molecule has 3 aromatic rings. The van der Waals surface area contributed by atoms with Gasteiger partial charge in [0.2, 0.25) is 0 Å². The minimum atomic E-state index is -4.72. The fourth-order valence-electron chi connectivity index (χ4n) is 2.22.